The molecule has 0 aromatic carbocycles. The van der Waals surface area contributed by atoms with Crippen molar-refractivity contribution >= 4 is 11.8 Å². The quantitative estimate of drug-likeness (QED) is 0.536. The Morgan fingerprint density at radius 3 is 2.67 bits per heavy atom. The molecule has 0 saturated carbocycles. The van der Waals surface area contributed by atoms with E-state index in [-0.39, 0.29) is 30.7 Å². The van der Waals surface area contributed by atoms with E-state index in [1.165, 1.54) is 0 Å². The summed E-state index contributed by atoms with van der Waals surface area (Å²) in [6.07, 6.45) is 3.97. The zero-order valence-electron chi connectivity index (χ0n) is 12.8. The normalized spacial score (nSPS) is 16.1. The standard InChI is InChI=1S/C15H25N3O3/c1-2-3-4-5-13(15(20)17-7-6-16)12-14(19)18-8-10-21-11-9-18/h13H,2-5,7-12H2,1H3,(H,17,20). The molecule has 1 unspecified atom stereocenters. The highest BCUT2D eigenvalue weighted by molar-refractivity contribution is 5.85. The summed E-state index contributed by atoms with van der Waals surface area (Å²) in [5.41, 5.74) is 0. The fourth-order valence-electron chi connectivity index (χ4n) is 2.39. The molecule has 1 heterocycles. The van der Waals surface area contributed by atoms with E-state index in [0.717, 1.165) is 19.3 Å². The van der Waals surface area contributed by atoms with Gasteiger partial charge in [0, 0.05) is 25.4 Å². The summed E-state index contributed by atoms with van der Waals surface area (Å²) in [5, 5.41) is 11.1. The van der Waals surface area contributed by atoms with E-state index in [1.807, 2.05) is 6.07 Å². The van der Waals surface area contributed by atoms with E-state index in [1.54, 1.807) is 4.90 Å². The van der Waals surface area contributed by atoms with Crippen LogP contribution in [0.15, 0.2) is 0 Å². The number of nitrogens with zero attached hydrogens (tertiary/aromatic N) is 2. The summed E-state index contributed by atoms with van der Waals surface area (Å²) in [4.78, 5) is 26.1. The average Bonchev–Trinajstić information content (AvgIpc) is 2.52. The first kappa shape index (κ1) is 17.4. The first-order valence-electron chi connectivity index (χ1n) is 7.69. The molecule has 6 heteroatoms. The van der Waals surface area contributed by atoms with Gasteiger partial charge in [-0.3, -0.25) is 9.59 Å². The van der Waals surface area contributed by atoms with Gasteiger partial charge in [-0.15, -0.1) is 0 Å². The van der Waals surface area contributed by atoms with E-state index >= 15 is 0 Å². The molecule has 6 nitrogen and oxygen atoms in total. The summed E-state index contributed by atoms with van der Waals surface area (Å²) in [7, 11) is 0. The SMILES string of the molecule is CCCCCC(CC(=O)N1CCOCC1)C(=O)NCC#N. The number of carbonyl (C=O) groups excluding carboxylic acids is 2. The number of ether oxygens (including phenoxy) is 1. The summed E-state index contributed by atoms with van der Waals surface area (Å²) in [6, 6.07) is 1.89. The fourth-order valence-corrected chi connectivity index (χ4v) is 2.39. The molecule has 0 aromatic heterocycles. The third-order valence-electron chi connectivity index (χ3n) is 3.65. The van der Waals surface area contributed by atoms with Gasteiger partial charge < -0.3 is 15.0 Å². The highest BCUT2D eigenvalue weighted by atomic mass is 16.5. The molecule has 21 heavy (non-hydrogen) atoms. The van der Waals surface area contributed by atoms with Crippen molar-refractivity contribution < 1.29 is 14.3 Å². The van der Waals surface area contributed by atoms with Crippen molar-refractivity contribution in [1.29, 1.82) is 5.26 Å². The van der Waals surface area contributed by atoms with Crippen LogP contribution in [-0.2, 0) is 14.3 Å². The average molecular weight is 295 g/mol. The lowest BCUT2D eigenvalue weighted by atomic mass is 9.96. The topological polar surface area (TPSA) is 82.4 Å². The highest BCUT2D eigenvalue weighted by Gasteiger charge is 2.25. The molecule has 1 atom stereocenters. The van der Waals surface area contributed by atoms with E-state index in [2.05, 4.69) is 12.2 Å². The molecule has 0 aromatic rings. The van der Waals surface area contributed by atoms with Gasteiger partial charge in [0.25, 0.3) is 0 Å². The predicted molar refractivity (Wildman–Crippen MR) is 78.3 cm³/mol. The number of rotatable bonds is 8. The number of morpholine rings is 1. The Morgan fingerprint density at radius 1 is 1.33 bits per heavy atom. The van der Waals surface area contributed by atoms with Crippen LogP contribution in [0.25, 0.3) is 0 Å². The first-order valence-corrected chi connectivity index (χ1v) is 7.69. The van der Waals surface area contributed by atoms with Gasteiger partial charge in [-0.05, 0) is 6.42 Å². The Morgan fingerprint density at radius 2 is 2.05 bits per heavy atom. The zero-order chi connectivity index (χ0) is 15.5. The second-order valence-electron chi connectivity index (χ2n) is 5.27. The molecule has 0 aliphatic carbocycles. The van der Waals surface area contributed by atoms with Crippen LogP contribution in [0.4, 0.5) is 0 Å². The number of nitriles is 1. The Hall–Kier alpha value is -1.61. The number of hydrogen-bond donors (Lipinski definition) is 1. The van der Waals surface area contributed by atoms with Crippen LogP contribution >= 0.6 is 0 Å². The molecule has 0 bridgehead atoms. The van der Waals surface area contributed by atoms with E-state index in [4.69, 9.17) is 10.00 Å². The lowest BCUT2D eigenvalue weighted by Gasteiger charge is -2.28. The van der Waals surface area contributed by atoms with Crippen LogP contribution in [0.2, 0.25) is 0 Å². The smallest absolute Gasteiger partial charge is 0.224 e. The third-order valence-corrected chi connectivity index (χ3v) is 3.65. The summed E-state index contributed by atoms with van der Waals surface area (Å²) >= 11 is 0. The molecular formula is C15H25N3O3. The van der Waals surface area contributed by atoms with Crippen LogP contribution in [-0.4, -0.2) is 49.6 Å². The van der Waals surface area contributed by atoms with Crippen molar-refractivity contribution in [3.05, 3.63) is 0 Å². The number of unbranched alkanes of at least 4 members (excludes halogenated alkanes) is 2. The predicted octanol–water partition coefficient (Wildman–Crippen LogP) is 1.07. The number of nitrogens with one attached hydrogen (secondary N) is 1. The molecule has 1 rings (SSSR count). The summed E-state index contributed by atoms with van der Waals surface area (Å²) < 4.78 is 5.23. The van der Waals surface area contributed by atoms with Gasteiger partial charge in [0.1, 0.15) is 6.54 Å². The van der Waals surface area contributed by atoms with E-state index in [0.29, 0.717) is 32.7 Å². The minimum Gasteiger partial charge on any atom is -0.378 e. The second-order valence-corrected chi connectivity index (χ2v) is 5.27. The molecule has 1 saturated heterocycles. The summed E-state index contributed by atoms with van der Waals surface area (Å²) in [6.45, 7) is 4.42. The van der Waals surface area contributed by atoms with Gasteiger partial charge in [0.2, 0.25) is 11.8 Å². The van der Waals surface area contributed by atoms with Crippen molar-refractivity contribution in [3.8, 4) is 6.07 Å². The molecule has 1 fully saturated rings. The van der Waals surface area contributed by atoms with Crippen LogP contribution < -0.4 is 5.32 Å². The molecule has 0 spiro atoms. The number of amides is 2. The van der Waals surface area contributed by atoms with Crippen molar-refractivity contribution in [3.63, 3.8) is 0 Å². The maximum Gasteiger partial charge on any atom is 0.224 e. The van der Waals surface area contributed by atoms with Crippen molar-refractivity contribution in [2.24, 2.45) is 5.92 Å². The first-order chi connectivity index (χ1) is 10.2. The molecule has 118 valence electrons. The monoisotopic (exact) mass is 295 g/mol. The number of hydrogen-bond acceptors (Lipinski definition) is 4. The molecular weight excluding hydrogens is 270 g/mol. The maximum absolute atomic E-state index is 12.2. The lowest BCUT2D eigenvalue weighted by Crippen LogP contribution is -2.43. The molecule has 1 aliphatic rings. The van der Waals surface area contributed by atoms with E-state index in [9.17, 15) is 9.59 Å². The van der Waals surface area contributed by atoms with Gasteiger partial charge in [0.05, 0.1) is 19.3 Å². The molecule has 2 amide bonds. The summed E-state index contributed by atoms with van der Waals surface area (Å²) in [5.74, 6) is -0.513. The Balaban J connectivity index is 2.51. The molecule has 1 aliphatic heterocycles. The zero-order valence-corrected chi connectivity index (χ0v) is 12.8. The van der Waals surface area contributed by atoms with Crippen LogP contribution in [0, 0.1) is 17.2 Å². The van der Waals surface area contributed by atoms with Crippen LogP contribution in [0.1, 0.15) is 39.0 Å². The van der Waals surface area contributed by atoms with E-state index < -0.39 is 0 Å². The van der Waals surface area contributed by atoms with Crippen LogP contribution in [0.5, 0.6) is 0 Å². The Labute approximate surface area is 126 Å². The fraction of sp³-hybridized carbons (Fsp3) is 0.800. The third kappa shape index (κ3) is 6.58. The van der Waals surface area contributed by atoms with Crippen molar-refractivity contribution in [2.45, 2.75) is 39.0 Å². The van der Waals surface area contributed by atoms with Crippen molar-refractivity contribution in [2.75, 3.05) is 32.8 Å². The second kappa shape index (κ2) is 10.2. The van der Waals surface area contributed by atoms with Gasteiger partial charge in [-0.25, -0.2) is 0 Å². The van der Waals surface area contributed by atoms with Crippen molar-refractivity contribution in [1.82, 2.24) is 10.2 Å². The Kier molecular flexibility index (Phi) is 8.44. The van der Waals surface area contributed by atoms with Gasteiger partial charge in [-0.2, -0.15) is 5.26 Å². The van der Waals surface area contributed by atoms with Gasteiger partial charge in [0.15, 0.2) is 0 Å². The lowest BCUT2D eigenvalue weighted by molar-refractivity contribution is -0.139. The largest absolute Gasteiger partial charge is 0.378 e. The molecule has 0 radical (unpaired) electrons. The maximum atomic E-state index is 12.2. The van der Waals surface area contributed by atoms with Crippen LogP contribution in [0.3, 0.4) is 0 Å². The minimum absolute atomic E-state index is 0.00510. The molecule has 1 N–H and O–H groups in total. The highest BCUT2D eigenvalue weighted by Crippen LogP contribution is 2.16. The van der Waals surface area contributed by atoms with Gasteiger partial charge in [-0.1, -0.05) is 26.2 Å². The minimum atomic E-state index is -0.333. The Bertz CT molecular complexity index is 373. The van der Waals surface area contributed by atoms with Gasteiger partial charge >= 0.3 is 0 Å². The number of carbonyl (C=O) groups is 2.